The molecule has 0 spiro atoms. The molecule has 6 heteroatoms. The second-order valence-electron chi connectivity index (χ2n) is 7.13. The fourth-order valence-corrected chi connectivity index (χ4v) is 2.13. The van der Waals surface area contributed by atoms with Crippen LogP contribution in [-0.4, -0.2) is 45.4 Å². The highest BCUT2D eigenvalue weighted by atomic mass is 127. The van der Waals surface area contributed by atoms with E-state index in [2.05, 4.69) is 48.5 Å². The standard InChI is InChI=1S/C19H33N3O2.HI/c1-8-20-17(22-14-19(4,5)24-7)21-13-18(2,3)15-10-9-11-16(12-15)23-6;/h9-12H,8,13-14H2,1-7H3,(H2,20,21,22);1H. The molecule has 5 nitrogen and oxygen atoms in total. The first kappa shape index (κ1) is 24.0. The Kier molecular flexibility index (Phi) is 10.4. The van der Waals surface area contributed by atoms with Crippen LogP contribution in [0.1, 0.15) is 40.2 Å². The number of hydrogen-bond donors (Lipinski definition) is 2. The van der Waals surface area contributed by atoms with Crippen molar-refractivity contribution in [3.8, 4) is 5.75 Å². The van der Waals surface area contributed by atoms with Crippen molar-refractivity contribution in [3.63, 3.8) is 0 Å². The zero-order valence-corrected chi connectivity index (χ0v) is 18.9. The molecule has 0 aliphatic rings. The van der Waals surface area contributed by atoms with Gasteiger partial charge in [-0.2, -0.15) is 0 Å². The molecule has 0 radical (unpaired) electrons. The molecule has 25 heavy (non-hydrogen) atoms. The average Bonchev–Trinajstić information content (AvgIpc) is 2.57. The van der Waals surface area contributed by atoms with E-state index in [1.165, 1.54) is 5.56 Å². The predicted octanol–water partition coefficient (Wildman–Crippen LogP) is 3.57. The number of hydrogen-bond acceptors (Lipinski definition) is 3. The molecule has 0 amide bonds. The number of aliphatic imine (C=N–C) groups is 1. The van der Waals surface area contributed by atoms with Crippen molar-refractivity contribution in [1.82, 2.24) is 10.6 Å². The van der Waals surface area contributed by atoms with Gasteiger partial charge in [0, 0.05) is 25.6 Å². The third kappa shape index (κ3) is 8.27. The lowest BCUT2D eigenvalue weighted by Gasteiger charge is -2.27. The van der Waals surface area contributed by atoms with Crippen LogP contribution in [0.5, 0.6) is 5.75 Å². The first-order valence-electron chi connectivity index (χ1n) is 8.46. The summed E-state index contributed by atoms with van der Waals surface area (Å²) in [7, 11) is 3.40. The Balaban J connectivity index is 0.00000576. The molecule has 1 aromatic carbocycles. The van der Waals surface area contributed by atoms with Crippen LogP contribution in [0.4, 0.5) is 0 Å². The van der Waals surface area contributed by atoms with Crippen molar-refractivity contribution in [2.75, 3.05) is 33.9 Å². The Morgan fingerprint density at radius 3 is 2.36 bits per heavy atom. The van der Waals surface area contributed by atoms with Crippen molar-refractivity contribution in [1.29, 1.82) is 0 Å². The monoisotopic (exact) mass is 463 g/mol. The van der Waals surface area contributed by atoms with E-state index in [0.717, 1.165) is 24.8 Å². The van der Waals surface area contributed by atoms with Crippen LogP contribution in [0.3, 0.4) is 0 Å². The molecule has 0 aliphatic carbocycles. The van der Waals surface area contributed by atoms with Crippen LogP contribution >= 0.6 is 24.0 Å². The van der Waals surface area contributed by atoms with Crippen LogP contribution in [0.15, 0.2) is 29.3 Å². The van der Waals surface area contributed by atoms with Gasteiger partial charge in [-0.3, -0.25) is 4.99 Å². The van der Waals surface area contributed by atoms with Crippen molar-refractivity contribution in [3.05, 3.63) is 29.8 Å². The minimum absolute atomic E-state index is 0. The largest absolute Gasteiger partial charge is 0.497 e. The summed E-state index contributed by atoms with van der Waals surface area (Å²) >= 11 is 0. The number of benzene rings is 1. The summed E-state index contributed by atoms with van der Waals surface area (Å²) < 4.78 is 10.8. The van der Waals surface area contributed by atoms with Gasteiger partial charge in [0.2, 0.25) is 0 Å². The van der Waals surface area contributed by atoms with Gasteiger partial charge in [0.1, 0.15) is 5.75 Å². The number of guanidine groups is 1. The summed E-state index contributed by atoms with van der Waals surface area (Å²) in [5, 5.41) is 6.72. The summed E-state index contributed by atoms with van der Waals surface area (Å²) in [5.41, 5.74) is 0.897. The van der Waals surface area contributed by atoms with Gasteiger partial charge < -0.3 is 20.1 Å². The van der Waals surface area contributed by atoms with Gasteiger partial charge >= 0.3 is 0 Å². The van der Waals surface area contributed by atoms with E-state index in [0.29, 0.717) is 6.54 Å². The average molecular weight is 463 g/mol. The van der Waals surface area contributed by atoms with Crippen molar-refractivity contribution >= 4 is 29.9 Å². The van der Waals surface area contributed by atoms with Crippen LogP contribution < -0.4 is 15.4 Å². The van der Waals surface area contributed by atoms with Gasteiger partial charge in [-0.1, -0.05) is 26.0 Å². The quantitative estimate of drug-likeness (QED) is 0.352. The highest BCUT2D eigenvalue weighted by Crippen LogP contribution is 2.25. The zero-order chi connectivity index (χ0) is 18.2. The van der Waals surface area contributed by atoms with Crippen molar-refractivity contribution in [2.24, 2.45) is 4.99 Å². The minimum atomic E-state index is -0.273. The van der Waals surface area contributed by atoms with E-state index in [-0.39, 0.29) is 35.0 Å². The Bertz CT molecular complexity index is 545. The predicted molar refractivity (Wildman–Crippen MR) is 117 cm³/mol. The molecule has 0 bridgehead atoms. The Labute approximate surface area is 170 Å². The Morgan fingerprint density at radius 2 is 1.80 bits per heavy atom. The van der Waals surface area contributed by atoms with Gasteiger partial charge in [0.05, 0.1) is 19.3 Å². The fraction of sp³-hybridized carbons (Fsp3) is 0.632. The molecule has 144 valence electrons. The summed E-state index contributed by atoms with van der Waals surface area (Å²) in [6.45, 7) is 12.7. The van der Waals surface area contributed by atoms with Crippen molar-refractivity contribution in [2.45, 2.75) is 45.6 Å². The van der Waals surface area contributed by atoms with E-state index < -0.39 is 0 Å². The Morgan fingerprint density at radius 1 is 1.12 bits per heavy atom. The van der Waals surface area contributed by atoms with E-state index in [1.807, 2.05) is 26.0 Å². The Hall–Kier alpha value is -1.02. The number of nitrogens with zero attached hydrogens (tertiary/aromatic N) is 1. The van der Waals surface area contributed by atoms with Gasteiger partial charge in [-0.25, -0.2) is 0 Å². The normalized spacial score (nSPS) is 12.4. The molecule has 0 atom stereocenters. The van der Waals surface area contributed by atoms with E-state index >= 15 is 0 Å². The van der Waals surface area contributed by atoms with Crippen molar-refractivity contribution < 1.29 is 9.47 Å². The summed E-state index contributed by atoms with van der Waals surface area (Å²) in [4.78, 5) is 4.63. The SMILES string of the molecule is CCNC(=NCC(C)(C)OC)NCC(C)(C)c1cccc(OC)c1.I. The zero-order valence-electron chi connectivity index (χ0n) is 16.6. The molecule has 0 unspecified atom stereocenters. The number of halogens is 1. The topological polar surface area (TPSA) is 54.9 Å². The van der Waals surface area contributed by atoms with E-state index in [9.17, 15) is 0 Å². The molecule has 0 saturated carbocycles. The van der Waals surface area contributed by atoms with Gasteiger partial charge in [-0.05, 0) is 38.5 Å². The second-order valence-corrected chi connectivity index (χ2v) is 7.13. The smallest absolute Gasteiger partial charge is 0.191 e. The minimum Gasteiger partial charge on any atom is -0.497 e. The number of methoxy groups -OCH3 is 2. The van der Waals surface area contributed by atoms with Gasteiger partial charge in [0.25, 0.3) is 0 Å². The highest BCUT2D eigenvalue weighted by molar-refractivity contribution is 14.0. The third-order valence-corrected chi connectivity index (χ3v) is 4.06. The van der Waals surface area contributed by atoms with E-state index in [1.54, 1.807) is 14.2 Å². The lowest BCUT2D eigenvalue weighted by molar-refractivity contribution is 0.0310. The molecule has 0 aliphatic heterocycles. The van der Waals surface area contributed by atoms with E-state index in [4.69, 9.17) is 9.47 Å². The third-order valence-electron chi connectivity index (χ3n) is 4.06. The summed E-state index contributed by atoms with van der Waals surface area (Å²) in [6.07, 6.45) is 0. The summed E-state index contributed by atoms with van der Waals surface area (Å²) in [5.74, 6) is 1.68. The molecule has 0 heterocycles. The van der Waals surface area contributed by atoms with Crippen LogP contribution in [0.2, 0.25) is 0 Å². The van der Waals surface area contributed by atoms with Crippen LogP contribution in [-0.2, 0) is 10.2 Å². The first-order chi connectivity index (χ1) is 11.2. The fourth-order valence-electron chi connectivity index (χ4n) is 2.13. The van der Waals surface area contributed by atoms with Crippen LogP contribution in [0.25, 0.3) is 0 Å². The van der Waals surface area contributed by atoms with Crippen LogP contribution in [0, 0.1) is 0 Å². The first-order valence-corrected chi connectivity index (χ1v) is 8.46. The number of ether oxygens (including phenoxy) is 2. The molecule has 1 aromatic rings. The maximum absolute atomic E-state index is 5.43. The van der Waals surface area contributed by atoms with Gasteiger partial charge in [0.15, 0.2) is 5.96 Å². The number of nitrogens with one attached hydrogen (secondary N) is 2. The maximum atomic E-state index is 5.43. The second kappa shape index (κ2) is 10.9. The van der Waals surface area contributed by atoms with Gasteiger partial charge in [-0.15, -0.1) is 24.0 Å². The molecule has 0 aromatic heterocycles. The lowest BCUT2D eigenvalue weighted by atomic mass is 9.84. The summed E-state index contributed by atoms with van der Waals surface area (Å²) in [6, 6.07) is 8.20. The number of rotatable bonds is 8. The lowest BCUT2D eigenvalue weighted by Crippen LogP contribution is -2.44. The maximum Gasteiger partial charge on any atom is 0.191 e. The molecule has 0 fully saturated rings. The highest BCUT2D eigenvalue weighted by Gasteiger charge is 2.22. The molecule has 0 saturated heterocycles. The molecular weight excluding hydrogens is 429 g/mol. The molecular formula is C19H34IN3O2. The molecule has 1 rings (SSSR count). The molecule has 2 N–H and O–H groups in total.